The van der Waals surface area contributed by atoms with Gasteiger partial charge in [-0.15, -0.1) is 0 Å². The lowest BCUT2D eigenvalue weighted by Crippen LogP contribution is -2.40. The van der Waals surface area contributed by atoms with Gasteiger partial charge in [-0.3, -0.25) is 9.59 Å². The lowest BCUT2D eigenvalue weighted by Gasteiger charge is -2.20. The fourth-order valence-electron chi connectivity index (χ4n) is 1.84. The van der Waals surface area contributed by atoms with Crippen molar-refractivity contribution in [2.45, 2.75) is 38.8 Å². The standard InChI is InChI=1S/C11H18F2N2O3/c1-6(2)15-5-7(3-9(15)17)11(18)14-4-8(16)10(12)13/h6-8,10,16H,3-5H2,1-2H3,(H,14,18). The summed E-state index contributed by atoms with van der Waals surface area (Å²) in [6, 6.07) is 0.0157. The van der Waals surface area contributed by atoms with Gasteiger partial charge < -0.3 is 15.3 Å². The van der Waals surface area contributed by atoms with Crippen LogP contribution in [0.1, 0.15) is 20.3 Å². The lowest BCUT2D eigenvalue weighted by molar-refractivity contribution is -0.130. The van der Waals surface area contributed by atoms with E-state index in [1.54, 1.807) is 4.90 Å². The minimum atomic E-state index is -2.89. The molecule has 0 spiro atoms. The van der Waals surface area contributed by atoms with Gasteiger partial charge in [0.05, 0.1) is 5.92 Å². The predicted octanol–water partition coefficient (Wildman–Crippen LogP) is -0.0145. The molecule has 0 aromatic rings. The number of alkyl halides is 2. The van der Waals surface area contributed by atoms with Crippen LogP contribution in [-0.2, 0) is 9.59 Å². The molecule has 0 radical (unpaired) electrons. The van der Waals surface area contributed by atoms with Gasteiger partial charge in [-0.1, -0.05) is 0 Å². The molecule has 0 aromatic carbocycles. The van der Waals surface area contributed by atoms with Crippen LogP contribution in [0.5, 0.6) is 0 Å². The molecule has 0 aliphatic carbocycles. The van der Waals surface area contributed by atoms with Gasteiger partial charge in [0, 0.05) is 25.6 Å². The maximum absolute atomic E-state index is 12.0. The summed E-state index contributed by atoms with van der Waals surface area (Å²) in [6.07, 6.45) is -4.66. The molecule has 0 aromatic heterocycles. The van der Waals surface area contributed by atoms with E-state index in [-0.39, 0.29) is 18.4 Å². The Bertz CT molecular complexity index is 323. The van der Waals surface area contributed by atoms with Gasteiger partial charge in [-0.05, 0) is 13.8 Å². The van der Waals surface area contributed by atoms with E-state index in [2.05, 4.69) is 5.32 Å². The maximum Gasteiger partial charge on any atom is 0.265 e. The third-order valence-electron chi connectivity index (χ3n) is 2.93. The van der Waals surface area contributed by atoms with E-state index in [1.807, 2.05) is 13.8 Å². The fraction of sp³-hybridized carbons (Fsp3) is 0.818. The van der Waals surface area contributed by atoms with Crippen molar-refractivity contribution in [3.05, 3.63) is 0 Å². The first-order valence-electron chi connectivity index (χ1n) is 5.86. The van der Waals surface area contributed by atoms with Crippen molar-refractivity contribution in [3.63, 3.8) is 0 Å². The molecule has 2 amide bonds. The topological polar surface area (TPSA) is 69.6 Å². The van der Waals surface area contributed by atoms with E-state index < -0.39 is 30.9 Å². The summed E-state index contributed by atoms with van der Waals surface area (Å²) in [5, 5.41) is 11.1. The van der Waals surface area contributed by atoms with Crippen molar-refractivity contribution in [2.75, 3.05) is 13.1 Å². The van der Waals surface area contributed by atoms with Crippen LogP contribution in [0.15, 0.2) is 0 Å². The first-order chi connectivity index (χ1) is 8.32. The molecule has 2 N–H and O–H groups in total. The summed E-state index contributed by atoms with van der Waals surface area (Å²) >= 11 is 0. The zero-order valence-electron chi connectivity index (χ0n) is 10.4. The Balaban J connectivity index is 2.43. The molecule has 5 nitrogen and oxygen atoms in total. The van der Waals surface area contributed by atoms with Gasteiger partial charge in [0.25, 0.3) is 6.43 Å². The number of halogens is 2. The van der Waals surface area contributed by atoms with E-state index in [0.29, 0.717) is 6.54 Å². The van der Waals surface area contributed by atoms with Crippen LogP contribution in [0, 0.1) is 5.92 Å². The van der Waals surface area contributed by atoms with Crippen LogP contribution in [0.2, 0.25) is 0 Å². The molecule has 1 aliphatic rings. The number of hydrogen-bond acceptors (Lipinski definition) is 3. The first-order valence-corrected chi connectivity index (χ1v) is 5.86. The molecule has 1 heterocycles. The highest BCUT2D eigenvalue weighted by molar-refractivity contribution is 5.89. The molecule has 0 bridgehead atoms. The van der Waals surface area contributed by atoms with Gasteiger partial charge >= 0.3 is 0 Å². The van der Waals surface area contributed by atoms with Gasteiger partial charge in [-0.25, -0.2) is 8.78 Å². The van der Waals surface area contributed by atoms with Crippen LogP contribution < -0.4 is 5.32 Å². The molecular weight excluding hydrogens is 246 g/mol. The van der Waals surface area contributed by atoms with E-state index >= 15 is 0 Å². The van der Waals surface area contributed by atoms with Crippen molar-refractivity contribution in [3.8, 4) is 0 Å². The fourth-order valence-corrected chi connectivity index (χ4v) is 1.84. The van der Waals surface area contributed by atoms with E-state index in [0.717, 1.165) is 0 Å². The zero-order chi connectivity index (χ0) is 13.9. The number of aliphatic hydroxyl groups excluding tert-OH is 1. The molecule has 18 heavy (non-hydrogen) atoms. The second kappa shape index (κ2) is 6.08. The van der Waals surface area contributed by atoms with Crippen LogP contribution in [0.4, 0.5) is 8.78 Å². The summed E-state index contributed by atoms with van der Waals surface area (Å²) in [5.74, 6) is -1.10. The number of hydrogen-bond donors (Lipinski definition) is 2. The van der Waals surface area contributed by atoms with Crippen LogP contribution in [0.3, 0.4) is 0 Å². The zero-order valence-corrected chi connectivity index (χ0v) is 10.4. The van der Waals surface area contributed by atoms with Gasteiger partial charge in [0.1, 0.15) is 6.10 Å². The van der Waals surface area contributed by atoms with Gasteiger partial charge in [0.2, 0.25) is 11.8 Å². The monoisotopic (exact) mass is 264 g/mol. The van der Waals surface area contributed by atoms with Gasteiger partial charge in [-0.2, -0.15) is 0 Å². The van der Waals surface area contributed by atoms with Crippen molar-refractivity contribution >= 4 is 11.8 Å². The average Bonchev–Trinajstić information content (AvgIpc) is 2.67. The molecule has 1 fully saturated rings. The number of carbonyl (C=O) groups is 2. The molecular formula is C11H18F2N2O3. The third-order valence-corrected chi connectivity index (χ3v) is 2.93. The Morgan fingerprint density at radius 2 is 2.17 bits per heavy atom. The molecule has 0 saturated carbocycles. The molecule has 7 heteroatoms. The van der Waals surface area contributed by atoms with Crippen molar-refractivity contribution in [1.29, 1.82) is 0 Å². The molecule has 1 rings (SSSR count). The summed E-state index contributed by atoms with van der Waals surface area (Å²) in [5.41, 5.74) is 0. The highest BCUT2D eigenvalue weighted by Gasteiger charge is 2.35. The lowest BCUT2D eigenvalue weighted by atomic mass is 10.1. The molecule has 104 valence electrons. The number of amides is 2. The minimum absolute atomic E-state index is 0.0157. The summed E-state index contributed by atoms with van der Waals surface area (Å²) in [7, 11) is 0. The second-order valence-electron chi connectivity index (χ2n) is 4.69. The van der Waals surface area contributed by atoms with Crippen LogP contribution in [0.25, 0.3) is 0 Å². The molecule has 1 saturated heterocycles. The Kier molecular flexibility index (Phi) is 5.01. The second-order valence-corrected chi connectivity index (χ2v) is 4.69. The minimum Gasteiger partial charge on any atom is -0.385 e. The molecule has 2 atom stereocenters. The number of likely N-dealkylation sites (tertiary alicyclic amines) is 1. The maximum atomic E-state index is 12.0. The summed E-state index contributed by atoms with van der Waals surface area (Å²) in [4.78, 5) is 24.8. The van der Waals surface area contributed by atoms with E-state index in [9.17, 15) is 18.4 Å². The Labute approximate surface area is 104 Å². The van der Waals surface area contributed by atoms with Crippen LogP contribution in [-0.4, -0.2) is 53.5 Å². The number of nitrogens with one attached hydrogen (secondary N) is 1. The molecule has 1 aliphatic heterocycles. The highest BCUT2D eigenvalue weighted by atomic mass is 19.3. The number of nitrogens with zero attached hydrogens (tertiary/aromatic N) is 1. The Morgan fingerprint density at radius 1 is 1.56 bits per heavy atom. The van der Waals surface area contributed by atoms with Gasteiger partial charge in [0.15, 0.2) is 0 Å². The van der Waals surface area contributed by atoms with E-state index in [1.165, 1.54) is 0 Å². The van der Waals surface area contributed by atoms with Crippen molar-refractivity contribution in [2.24, 2.45) is 5.92 Å². The van der Waals surface area contributed by atoms with Crippen LogP contribution >= 0.6 is 0 Å². The first kappa shape index (κ1) is 14.8. The SMILES string of the molecule is CC(C)N1CC(C(=O)NCC(O)C(F)F)CC1=O. The number of rotatable bonds is 5. The highest BCUT2D eigenvalue weighted by Crippen LogP contribution is 2.20. The smallest absolute Gasteiger partial charge is 0.265 e. The third kappa shape index (κ3) is 3.63. The van der Waals surface area contributed by atoms with E-state index in [4.69, 9.17) is 5.11 Å². The van der Waals surface area contributed by atoms with Crippen molar-refractivity contribution < 1.29 is 23.5 Å². The van der Waals surface area contributed by atoms with Crippen molar-refractivity contribution in [1.82, 2.24) is 10.2 Å². The largest absolute Gasteiger partial charge is 0.385 e. The molecule has 2 unspecified atom stereocenters. The Morgan fingerprint density at radius 3 is 2.61 bits per heavy atom. The average molecular weight is 264 g/mol. The summed E-state index contributed by atoms with van der Waals surface area (Å²) < 4.78 is 24.0. The summed E-state index contributed by atoms with van der Waals surface area (Å²) in [6.45, 7) is 3.49. The quantitative estimate of drug-likeness (QED) is 0.733. The number of aliphatic hydroxyl groups is 1. The number of carbonyl (C=O) groups excluding carboxylic acids is 2. The predicted molar refractivity (Wildman–Crippen MR) is 60.0 cm³/mol. The normalized spacial score (nSPS) is 21.8. The Hall–Kier alpha value is -1.24.